The monoisotopic (exact) mass is 293 g/mol. The van der Waals surface area contributed by atoms with Crippen LogP contribution in [0.4, 0.5) is 13.2 Å². The average molecular weight is 293 g/mol. The number of nitrogens with zero attached hydrogens (tertiary/aromatic N) is 3. The first-order valence-electron chi connectivity index (χ1n) is 6.07. The molecule has 0 spiro atoms. The minimum absolute atomic E-state index is 0.498. The van der Waals surface area contributed by atoms with Gasteiger partial charge in [-0.2, -0.15) is 17.7 Å². The zero-order valence-electron chi connectivity index (χ0n) is 10.9. The van der Waals surface area contributed by atoms with Crippen LogP contribution in [0.3, 0.4) is 0 Å². The molecule has 2 aromatic heterocycles. The highest BCUT2D eigenvalue weighted by Crippen LogP contribution is 2.31. The molecule has 0 aliphatic heterocycles. The van der Waals surface area contributed by atoms with Gasteiger partial charge in [0.1, 0.15) is 5.69 Å². The van der Waals surface area contributed by atoms with Crippen LogP contribution >= 0.6 is 0 Å². The van der Waals surface area contributed by atoms with Gasteiger partial charge in [-0.05, 0) is 18.2 Å². The summed E-state index contributed by atoms with van der Waals surface area (Å²) in [4.78, 5) is 0. The Morgan fingerprint density at radius 1 is 1.05 bits per heavy atom. The number of hydrogen-bond donors (Lipinski definition) is 0. The molecule has 3 rings (SSSR count). The van der Waals surface area contributed by atoms with Crippen molar-refractivity contribution in [1.29, 1.82) is 0 Å². The highest BCUT2D eigenvalue weighted by molar-refractivity contribution is 5.76. The van der Waals surface area contributed by atoms with Gasteiger partial charge in [-0.15, -0.1) is 5.10 Å². The van der Waals surface area contributed by atoms with Crippen molar-refractivity contribution in [3.05, 3.63) is 48.0 Å². The van der Waals surface area contributed by atoms with Crippen LogP contribution in [0.2, 0.25) is 0 Å². The quantitative estimate of drug-likeness (QED) is 0.726. The van der Waals surface area contributed by atoms with Gasteiger partial charge in [0.2, 0.25) is 5.88 Å². The number of methoxy groups -OCH3 is 1. The van der Waals surface area contributed by atoms with Crippen molar-refractivity contribution in [3.63, 3.8) is 0 Å². The van der Waals surface area contributed by atoms with Gasteiger partial charge in [0.05, 0.1) is 18.2 Å². The first-order valence-corrected chi connectivity index (χ1v) is 6.07. The molecule has 0 saturated carbocycles. The fraction of sp³-hybridized carbons (Fsp3) is 0.143. The van der Waals surface area contributed by atoms with E-state index in [1.54, 1.807) is 18.2 Å². The number of rotatable bonds is 2. The normalized spacial score (nSPS) is 11.8. The van der Waals surface area contributed by atoms with Crippen molar-refractivity contribution in [2.75, 3.05) is 7.11 Å². The van der Waals surface area contributed by atoms with E-state index in [0.717, 1.165) is 12.1 Å². The van der Waals surface area contributed by atoms with Crippen molar-refractivity contribution >= 4 is 5.52 Å². The van der Waals surface area contributed by atoms with Crippen LogP contribution in [0.15, 0.2) is 42.5 Å². The van der Waals surface area contributed by atoms with Crippen LogP contribution in [-0.2, 0) is 6.18 Å². The predicted molar refractivity (Wildman–Crippen MR) is 70.0 cm³/mol. The highest BCUT2D eigenvalue weighted by Gasteiger charge is 2.30. The minimum Gasteiger partial charge on any atom is -0.481 e. The van der Waals surface area contributed by atoms with Crippen molar-refractivity contribution in [3.8, 4) is 17.1 Å². The number of ether oxygens (including phenoxy) is 1. The predicted octanol–water partition coefficient (Wildman–Crippen LogP) is 3.42. The fourth-order valence-electron chi connectivity index (χ4n) is 2.07. The third-order valence-corrected chi connectivity index (χ3v) is 3.10. The van der Waals surface area contributed by atoms with Crippen molar-refractivity contribution in [2.45, 2.75) is 6.18 Å². The number of hydrogen-bond acceptors (Lipinski definition) is 3. The van der Waals surface area contributed by atoms with Gasteiger partial charge < -0.3 is 4.74 Å². The molecular weight excluding hydrogens is 283 g/mol. The Morgan fingerprint density at radius 2 is 1.76 bits per heavy atom. The summed E-state index contributed by atoms with van der Waals surface area (Å²) in [6.45, 7) is 0. The van der Waals surface area contributed by atoms with Crippen LogP contribution in [0.5, 0.6) is 5.88 Å². The number of alkyl halides is 3. The van der Waals surface area contributed by atoms with Crippen molar-refractivity contribution in [1.82, 2.24) is 14.8 Å². The summed E-state index contributed by atoms with van der Waals surface area (Å²) in [6.07, 6.45) is -4.35. The number of halogens is 3. The Bertz CT molecular complexity index is 778. The lowest BCUT2D eigenvalue weighted by Crippen LogP contribution is -2.04. The molecule has 108 valence electrons. The van der Waals surface area contributed by atoms with Gasteiger partial charge in [-0.1, -0.05) is 23.4 Å². The van der Waals surface area contributed by atoms with Crippen molar-refractivity contribution < 1.29 is 17.9 Å². The van der Waals surface area contributed by atoms with Crippen LogP contribution in [0.25, 0.3) is 16.8 Å². The van der Waals surface area contributed by atoms with E-state index in [4.69, 9.17) is 4.74 Å². The lowest BCUT2D eigenvalue weighted by molar-refractivity contribution is -0.137. The van der Waals surface area contributed by atoms with E-state index in [0.29, 0.717) is 22.7 Å². The standard InChI is InChI=1S/C14H10F3N3O/c1-21-12-4-2-3-11-13(18-19-20(11)12)9-5-7-10(8-6-9)14(15,16)17/h2-8H,1H3. The van der Waals surface area contributed by atoms with Gasteiger partial charge in [0, 0.05) is 11.6 Å². The molecule has 0 unspecified atom stereocenters. The second-order valence-electron chi connectivity index (χ2n) is 4.38. The summed E-state index contributed by atoms with van der Waals surface area (Å²) in [5.74, 6) is 0.498. The Balaban J connectivity index is 2.09. The summed E-state index contributed by atoms with van der Waals surface area (Å²) >= 11 is 0. The van der Waals surface area contributed by atoms with Gasteiger partial charge in [-0.25, -0.2) is 0 Å². The average Bonchev–Trinajstić information content (AvgIpc) is 2.90. The molecule has 0 aliphatic rings. The fourth-order valence-corrected chi connectivity index (χ4v) is 2.07. The molecule has 0 fully saturated rings. The summed E-state index contributed by atoms with van der Waals surface area (Å²) in [5.41, 5.74) is 1.03. The van der Waals surface area contributed by atoms with Crippen LogP contribution < -0.4 is 4.74 Å². The number of benzene rings is 1. The van der Waals surface area contributed by atoms with Gasteiger partial charge >= 0.3 is 6.18 Å². The highest BCUT2D eigenvalue weighted by atomic mass is 19.4. The maximum absolute atomic E-state index is 12.6. The van der Waals surface area contributed by atoms with Crippen molar-refractivity contribution in [2.24, 2.45) is 0 Å². The number of aromatic nitrogens is 3. The third kappa shape index (κ3) is 2.31. The molecule has 0 amide bonds. The lowest BCUT2D eigenvalue weighted by atomic mass is 10.1. The van der Waals surface area contributed by atoms with E-state index in [-0.39, 0.29) is 0 Å². The number of fused-ring (bicyclic) bond motifs is 1. The zero-order chi connectivity index (χ0) is 15.0. The third-order valence-electron chi connectivity index (χ3n) is 3.10. The molecule has 0 atom stereocenters. The summed E-state index contributed by atoms with van der Waals surface area (Å²) in [5, 5.41) is 7.97. The molecule has 0 radical (unpaired) electrons. The van der Waals surface area contributed by atoms with Gasteiger partial charge in [0.15, 0.2) is 0 Å². The first kappa shape index (κ1) is 13.4. The summed E-state index contributed by atoms with van der Waals surface area (Å²) in [7, 11) is 1.51. The van der Waals surface area contributed by atoms with E-state index in [9.17, 15) is 13.2 Å². The molecule has 0 saturated heterocycles. The topological polar surface area (TPSA) is 39.4 Å². The Kier molecular flexibility index (Phi) is 3.04. The molecule has 2 heterocycles. The van der Waals surface area contributed by atoms with Crippen LogP contribution in [0.1, 0.15) is 5.56 Å². The van der Waals surface area contributed by atoms with Gasteiger partial charge in [0.25, 0.3) is 0 Å². The second-order valence-corrected chi connectivity index (χ2v) is 4.38. The molecule has 3 aromatic rings. The molecule has 0 N–H and O–H groups in total. The van der Waals surface area contributed by atoms with Crippen LogP contribution in [0, 0.1) is 0 Å². The second kappa shape index (κ2) is 4.76. The molecule has 7 heteroatoms. The van der Waals surface area contributed by atoms with E-state index in [1.165, 1.54) is 23.8 Å². The van der Waals surface area contributed by atoms with E-state index in [2.05, 4.69) is 10.3 Å². The Hall–Kier alpha value is -2.57. The minimum atomic E-state index is -4.35. The lowest BCUT2D eigenvalue weighted by Gasteiger charge is -2.06. The maximum Gasteiger partial charge on any atom is 0.416 e. The van der Waals surface area contributed by atoms with Gasteiger partial charge in [-0.3, -0.25) is 0 Å². The molecular formula is C14H10F3N3O. The Labute approximate surface area is 117 Å². The molecule has 21 heavy (non-hydrogen) atoms. The SMILES string of the molecule is COc1cccc2c(-c3ccc(C(F)(F)F)cc3)nnn12. The smallest absolute Gasteiger partial charge is 0.416 e. The number of pyridine rings is 1. The zero-order valence-corrected chi connectivity index (χ0v) is 10.9. The summed E-state index contributed by atoms with van der Waals surface area (Å²) < 4.78 is 44.3. The van der Waals surface area contributed by atoms with E-state index >= 15 is 0 Å². The largest absolute Gasteiger partial charge is 0.481 e. The molecule has 4 nitrogen and oxygen atoms in total. The van der Waals surface area contributed by atoms with E-state index < -0.39 is 11.7 Å². The maximum atomic E-state index is 12.6. The molecule has 0 aliphatic carbocycles. The molecule has 0 bridgehead atoms. The molecule has 1 aromatic carbocycles. The Morgan fingerprint density at radius 3 is 2.38 bits per heavy atom. The van der Waals surface area contributed by atoms with Crippen LogP contribution in [-0.4, -0.2) is 21.9 Å². The first-order chi connectivity index (χ1) is 10.0. The van der Waals surface area contributed by atoms with E-state index in [1.807, 2.05) is 0 Å². The summed E-state index contributed by atoms with van der Waals surface area (Å²) in [6, 6.07) is 10.1.